The Morgan fingerprint density at radius 3 is 2.47 bits per heavy atom. The van der Waals surface area contributed by atoms with Gasteiger partial charge in [0.15, 0.2) is 0 Å². The second-order valence-corrected chi connectivity index (χ2v) is 3.71. The van der Waals surface area contributed by atoms with Crippen molar-refractivity contribution >= 4 is 5.97 Å². The first-order chi connectivity index (χ1) is 8.15. The number of hydrogen-bond acceptors (Lipinski definition) is 2. The molecule has 2 nitrogen and oxygen atoms in total. The predicted octanol–water partition coefficient (Wildman–Crippen LogP) is 3.35. The number of benzene rings is 2. The van der Waals surface area contributed by atoms with E-state index in [9.17, 15) is 9.18 Å². The van der Waals surface area contributed by atoms with Gasteiger partial charge in [-0.05, 0) is 37.3 Å². The molecule has 2 aromatic carbocycles. The van der Waals surface area contributed by atoms with Gasteiger partial charge in [-0.15, -0.1) is 0 Å². The SMILES string of the molecule is Cc1ccc(OC(=O)c2cccc([18F])c2)cc1. The summed E-state index contributed by atoms with van der Waals surface area (Å²) < 4.78 is 18.0. The van der Waals surface area contributed by atoms with Crippen molar-refractivity contribution in [2.75, 3.05) is 0 Å². The van der Waals surface area contributed by atoms with Gasteiger partial charge in [-0.1, -0.05) is 23.8 Å². The van der Waals surface area contributed by atoms with Crippen molar-refractivity contribution in [2.24, 2.45) is 0 Å². The van der Waals surface area contributed by atoms with Crippen LogP contribution in [-0.4, -0.2) is 5.97 Å². The van der Waals surface area contributed by atoms with Crippen molar-refractivity contribution < 1.29 is 13.9 Å². The molecule has 2 rings (SSSR count). The molecule has 3 heteroatoms. The maximum Gasteiger partial charge on any atom is 0.343 e. The molecule has 0 saturated heterocycles. The average molecular weight is 229 g/mol. The maximum atomic E-state index is 12.9. The Bertz CT molecular complexity index is 532. The van der Waals surface area contributed by atoms with E-state index < -0.39 is 11.8 Å². The van der Waals surface area contributed by atoms with Crippen LogP contribution in [0.5, 0.6) is 5.75 Å². The lowest BCUT2D eigenvalue weighted by atomic mass is 10.2. The lowest BCUT2D eigenvalue weighted by Gasteiger charge is -2.04. The summed E-state index contributed by atoms with van der Waals surface area (Å²) in [6.45, 7) is 1.94. The highest BCUT2D eigenvalue weighted by Crippen LogP contribution is 2.14. The van der Waals surface area contributed by atoms with Crippen molar-refractivity contribution in [3.8, 4) is 5.75 Å². The molecule has 0 aliphatic heterocycles. The van der Waals surface area contributed by atoms with Gasteiger partial charge in [-0.25, -0.2) is 9.18 Å². The van der Waals surface area contributed by atoms with E-state index in [-0.39, 0.29) is 5.56 Å². The second-order valence-electron chi connectivity index (χ2n) is 3.71. The second kappa shape index (κ2) is 4.78. The van der Waals surface area contributed by atoms with E-state index in [4.69, 9.17) is 4.74 Å². The molecular weight excluding hydrogens is 218 g/mol. The molecule has 0 radical (unpaired) electrons. The van der Waals surface area contributed by atoms with Gasteiger partial charge < -0.3 is 4.74 Å². The summed E-state index contributed by atoms with van der Waals surface area (Å²) in [4.78, 5) is 11.7. The summed E-state index contributed by atoms with van der Waals surface area (Å²) in [6.07, 6.45) is 0. The molecule has 2 aromatic rings. The third-order valence-electron chi connectivity index (χ3n) is 2.29. The van der Waals surface area contributed by atoms with E-state index >= 15 is 0 Å². The highest BCUT2D eigenvalue weighted by Gasteiger charge is 2.08. The third-order valence-corrected chi connectivity index (χ3v) is 2.29. The minimum absolute atomic E-state index is 0.200. The molecule has 0 aliphatic carbocycles. The van der Waals surface area contributed by atoms with Gasteiger partial charge in [0.1, 0.15) is 11.6 Å². The Labute approximate surface area is 98.7 Å². The Kier molecular flexibility index (Phi) is 3.19. The zero-order valence-electron chi connectivity index (χ0n) is 9.31. The standard InChI is InChI=1S/C14H11FO2/c1-10-5-7-13(8-6-10)17-14(16)11-3-2-4-12(15)9-11/h2-9H,1H3/i15-1. The minimum Gasteiger partial charge on any atom is -0.423 e. The highest BCUT2D eigenvalue weighted by atomic mass is 18.2. The third kappa shape index (κ3) is 2.91. The van der Waals surface area contributed by atoms with Gasteiger partial charge in [0.05, 0.1) is 5.56 Å². The summed E-state index contributed by atoms with van der Waals surface area (Å²) in [7, 11) is 0. The van der Waals surface area contributed by atoms with Crippen LogP contribution in [0.15, 0.2) is 48.5 Å². The fourth-order valence-electron chi connectivity index (χ4n) is 1.39. The van der Waals surface area contributed by atoms with Crippen LogP contribution in [0.2, 0.25) is 0 Å². The zero-order chi connectivity index (χ0) is 12.3. The van der Waals surface area contributed by atoms with Gasteiger partial charge in [-0.3, -0.25) is 0 Å². The van der Waals surface area contributed by atoms with Crippen LogP contribution in [0, 0.1) is 12.7 Å². The van der Waals surface area contributed by atoms with Crippen molar-refractivity contribution in [3.05, 3.63) is 65.5 Å². The molecule has 0 N–H and O–H groups in total. The predicted molar refractivity (Wildman–Crippen MR) is 62.5 cm³/mol. The quantitative estimate of drug-likeness (QED) is 0.583. The summed E-state index contributed by atoms with van der Waals surface area (Å²) in [5.41, 5.74) is 1.28. The molecule has 0 aromatic heterocycles. The Hall–Kier alpha value is -2.16. The number of carbonyl (C=O) groups is 1. The molecule has 0 heterocycles. The maximum absolute atomic E-state index is 12.9. The smallest absolute Gasteiger partial charge is 0.343 e. The Morgan fingerprint density at radius 1 is 1.12 bits per heavy atom. The van der Waals surface area contributed by atoms with Crippen molar-refractivity contribution in [1.29, 1.82) is 0 Å². The summed E-state index contributed by atoms with van der Waals surface area (Å²) in [5, 5.41) is 0. The van der Waals surface area contributed by atoms with E-state index in [2.05, 4.69) is 0 Å². The topological polar surface area (TPSA) is 26.3 Å². The van der Waals surface area contributed by atoms with Crippen molar-refractivity contribution in [3.63, 3.8) is 0 Å². The van der Waals surface area contributed by atoms with Gasteiger partial charge in [0, 0.05) is 0 Å². The van der Waals surface area contributed by atoms with Crippen molar-refractivity contribution in [2.45, 2.75) is 6.92 Å². The molecule has 0 spiro atoms. The number of halogens is 1. The number of esters is 1. The van der Waals surface area contributed by atoms with Crippen LogP contribution in [0.25, 0.3) is 0 Å². The molecule has 17 heavy (non-hydrogen) atoms. The van der Waals surface area contributed by atoms with Crippen LogP contribution in [0.3, 0.4) is 0 Å². The number of hydrogen-bond donors (Lipinski definition) is 0. The van der Waals surface area contributed by atoms with Crippen molar-refractivity contribution in [1.82, 2.24) is 0 Å². The van der Waals surface area contributed by atoms with E-state index in [1.54, 1.807) is 12.1 Å². The molecule has 0 amide bonds. The molecular formula is C14H11FO2. The number of rotatable bonds is 2. The van der Waals surface area contributed by atoms with Gasteiger partial charge >= 0.3 is 5.97 Å². The Morgan fingerprint density at radius 2 is 1.82 bits per heavy atom. The summed E-state index contributed by atoms with van der Waals surface area (Å²) in [5.74, 6) is -0.568. The molecule has 0 fully saturated rings. The van der Waals surface area contributed by atoms with E-state index in [0.29, 0.717) is 5.75 Å². The first-order valence-corrected chi connectivity index (χ1v) is 5.19. The van der Waals surface area contributed by atoms with Gasteiger partial charge in [-0.2, -0.15) is 0 Å². The summed E-state index contributed by atoms with van der Waals surface area (Å²) >= 11 is 0. The normalized spacial score (nSPS) is 10.0. The number of carbonyl (C=O) groups excluding carboxylic acids is 1. The van der Waals surface area contributed by atoms with Crippen LogP contribution in [0.4, 0.5) is 4.39 Å². The fourth-order valence-corrected chi connectivity index (χ4v) is 1.39. The van der Waals surface area contributed by atoms with Crippen LogP contribution in [-0.2, 0) is 0 Å². The lowest BCUT2D eigenvalue weighted by molar-refractivity contribution is 0.0734. The van der Waals surface area contributed by atoms with E-state index in [1.165, 1.54) is 18.2 Å². The number of ether oxygens (including phenoxy) is 1. The summed E-state index contributed by atoms with van der Waals surface area (Å²) in [6, 6.07) is 12.5. The first kappa shape index (κ1) is 11.3. The molecule has 86 valence electrons. The molecule has 0 atom stereocenters. The van der Waals surface area contributed by atoms with Crippen LogP contribution in [0.1, 0.15) is 15.9 Å². The Balaban J connectivity index is 2.14. The minimum atomic E-state index is -0.562. The molecule has 0 aliphatic rings. The van der Waals surface area contributed by atoms with Gasteiger partial charge in [0.2, 0.25) is 0 Å². The average Bonchev–Trinajstić information content (AvgIpc) is 2.32. The zero-order valence-corrected chi connectivity index (χ0v) is 9.31. The lowest BCUT2D eigenvalue weighted by Crippen LogP contribution is -2.08. The largest absolute Gasteiger partial charge is 0.423 e. The number of aryl methyl sites for hydroxylation is 1. The monoisotopic (exact) mass is 229 g/mol. The molecule has 0 unspecified atom stereocenters. The van der Waals surface area contributed by atoms with Crippen LogP contribution >= 0.6 is 0 Å². The first-order valence-electron chi connectivity index (χ1n) is 5.19. The molecule has 0 saturated carbocycles. The van der Waals surface area contributed by atoms with Crippen LogP contribution < -0.4 is 4.74 Å². The highest BCUT2D eigenvalue weighted by molar-refractivity contribution is 5.90. The van der Waals surface area contributed by atoms with E-state index in [1.807, 2.05) is 19.1 Å². The molecule has 0 bridgehead atoms. The van der Waals surface area contributed by atoms with E-state index in [0.717, 1.165) is 11.6 Å². The fraction of sp³-hybridized carbons (Fsp3) is 0.0714. The van der Waals surface area contributed by atoms with Gasteiger partial charge in [0.25, 0.3) is 0 Å².